The Morgan fingerprint density at radius 3 is 2.33 bits per heavy atom. The normalized spacial score (nSPS) is 9.50. The molecule has 0 aliphatic rings. The van der Waals surface area contributed by atoms with Gasteiger partial charge in [0.1, 0.15) is 0 Å². The summed E-state index contributed by atoms with van der Waals surface area (Å²) >= 11 is 2.73. The van der Waals surface area contributed by atoms with E-state index in [-0.39, 0.29) is 0 Å². The summed E-state index contributed by atoms with van der Waals surface area (Å²) in [5, 5.41) is 9.29. The molecule has 0 unspecified atom stereocenters. The van der Waals surface area contributed by atoms with Crippen LogP contribution in [-0.2, 0) is 0 Å². The van der Waals surface area contributed by atoms with Crippen LogP contribution in [0.5, 0.6) is 0 Å². The van der Waals surface area contributed by atoms with E-state index in [4.69, 9.17) is 0 Å². The minimum atomic E-state index is -0.547. The van der Waals surface area contributed by atoms with Gasteiger partial charge in [-0.1, -0.05) is 15.9 Å². The number of hydrogen-bond acceptors (Lipinski definition) is 2. The molecule has 6 heavy (non-hydrogen) atoms. The Morgan fingerprint density at radius 1 is 1.83 bits per heavy atom. The van der Waals surface area contributed by atoms with E-state index in [9.17, 15) is 10.1 Å². The smallest absolute Gasteiger partial charge is 0.241 e. The predicted molar refractivity (Wildman–Crippen MR) is 25.1 cm³/mol. The van der Waals surface area contributed by atoms with Gasteiger partial charge in [-0.15, -0.1) is 0 Å². The van der Waals surface area contributed by atoms with Crippen LogP contribution in [0, 0.1) is 10.1 Å². The Balaban J connectivity index is 3.30. The fraction of sp³-hybridized carbons (Fsp3) is 0. The first-order valence-corrected chi connectivity index (χ1v) is 2.09. The molecule has 0 spiro atoms. The molecule has 0 bridgehead atoms. The summed E-state index contributed by atoms with van der Waals surface area (Å²) < 4.78 is 0. The Bertz CT molecular complexity index is 79.6. The van der Waals surface area contributed by atoms with Crippen LogP contribution in [0.1, 0.15) is 0 Å². The lowest BCUT2D eigenvalue weighted by Crippen LogP contribution is -1.78. The molecule has 0 aliphatic carbocycles. The molecular formula is C2H2BrNO2. The third kappa shape index (κ3) is 3.62. The number of halogens is 1. The van der Waals surface area contributed by atoms with E-state index in [0.29, 0.717) is 0 Å². The molecule has 0 saturated carbocycles. The summed E-state index contributed by atoms with van der Waals surface area (Å²) in [6.07, 6.45) is 0.806. The number of rotatable bonds is 1. The highest BCUT2D eigenvalue weighted by atomic mass is 79.9. The second-order valence-corrected chi connectivity index (χ2v) is 1.09. The predicted octanol–water partition coefficient (Wildman–Crippen LogP) is 1.13. The molecule has 0 heterocycles. The van der Waals surface area contributed by atoms with E-state index in [0.717, 1.165) is 6.20 Å². The van der Waals surface area contributed by atoms with Crippen molar-refractivity contribution in [2.24, 2.45) is 0 Å². The molecule has 0 aromatic heterocycles. The summed E-state index contributed by atoms with van der Waals surface area (Å²) in [5.74, 6) is 0. The van der Waals surface area contributed by atoms with Gasteiger partial charge in [-0.2, -0.15) is 0 Å². The number of hydrogen-bond donors (Lipinski definition) is 0. The van der Waals surface area contributed by atoms with Crippen LogP contribution < -0.4 is 0 Å². The summed E-state index contributed by atoms with van der Waals surface area (Å²) in [6, 6.07) is 0. The molecule has 0 rings (SSSR count). The number of nitrogens with zero attached hydrogens (tertiary/aromatic N) is 1. The van der Waals surface area contributed by atoms with Gasteiger partial charge in [-0.3, -0.25) is 10.1 Å². The van der Waals surface area contributed by atoms with Crippen molar-refractivity contribution in [1.29, 1.82) is 0 Å². The number of nitro groups is 1. The van der Waals surface area contributed by atoms with Crippen molar-refractivity contribution in [3.8, 4) is 0 Å². The first-order chi connectivity index (χ1) is 2.77. The molecule has 3 nitrogen and oxygen atoms in total. The molecule has 4 heteroatoms. The summed E-state index contributed by atoms with van der Waals surface area (Å²) in [5.41, 5.74) is 0. The maximum absolute atomic E-state index is 9.29. The van der Waals surface area contributed by atoms with Crippen LogP contribution in [0.15, 0.2) is 11.2 Å². The van der Waals surface area contributed by atoms with Gasteiger partial charge in [0, 0.05) is 0 Å². The first-order valence-electron chi connectivity index (χ1n) is 1.17. The average Bonchev–Trinajstić information content (AvgIpc) is 1.35. The highest BCUT2D eigenvalue weighted by molar-refractivity contribution is 9.11. The molecule has 0 N–H and O–H groups in total. The molecule has 0 atom stereocenters. The Kier molecular flexibility index (Phi) is 2.66. The zero-order valence-corrected chi connectivity index (χ0v) is 4.38. The van der Waals surface area contributed by atoms with Gasteiger partial charge in [0.05, 0.1) is 9.91 Å². The quantitative estimate of drug-likeness (QED) is 0.417. The lowest BCUT2D eigenvalue weighted by atomic mass is 11.1. The molecule has 0 radical (unpaired) electrons. The molecule has 0 aliphatic heterocycles. The Hall–Kier alpha value is -0.380. The zero-order chi connectivity index (χ0) is 4.99. The summed E-state index contributed by atoms with van der Waals surface area (Å²) in [7, 11) is 0. The highest BCUT2D eigenvalue weighted by Gasteiger charge is 1.75. The molecule has 0 amide bonds. The van der Waals surface area contributed by atoms with E-state index in [2.05, 4.69) is 15.9 Å². The lowest BCUT2D eigenvalue weighted by Gasteiger charge is -1.68. The van der Waals surface area contributed by atoms with Gasteiger partial charge in [-0.25, -0.2) is 0 Å². The maximum atomic E-state index is 9.29. The Labute approximate surface area is 42.9 Å². The van der Waals surface area contributed by atoms with E-state index in [1.165, 1.54) is 4.99 Å². The fourth-order valence-electron chi connectivity index (χ4n) is 0.0460. The van der Waals surface area contributed by atoms with E-state index in [1.54, 1.807) is 0 Å². The molecule has 0 fully saturated rings. The SMILES string of the molecule is O=[N+]([O-])/C=C\Br. The minimum absolute atomic E-state index is 0.547. The summed E-state index contributed by atoms with van der Waals surface area (Å²) in [4.78, 5) is 9.93. The third-order valence-corrected chi connectivity index (χ3v) is 0.414. The van der Waals surface area contributed by atoms with Gasteiger partial charge < -0.3 is 0 Å². The highest BCUT2D eigenvalue weighted by Crippen LogP contribution is 1.80. The topological polar surface area (TPSA) is 43.1 Å². The van der Waals surface area contributed by atoms with Crippen molar-refractivity contribution in [2.45, 2.75) is 0 Å². The van der Waals surface area contributed by atoms with Crippen LogP contribution >= 0.6 is 15.9 Å². The van der Waals surface area contributed by atoms with Gasteiger partial charge >= 0.3 is 0 Å². The second kappa shape index (κ2) is 2.84. The maximum Gasteiger partial charge on any atom is 0.241 e. The second-order valence-electron chi connectivity index (χ2n) is 0.560. The van der Waals surface area contributed by atoms with Crippen molar-refractivity contribution in [2.75, 3.05) is 0 Å². The standard InChI is InChI=1S/C2H2BrNO2/c3-1-2-4(5)6/h1-2H/b2-1-. The first kappa shape index (κ1) is 5.62. The molecule has 0 saturated heterocycles. The van der Waals surface area contributed by atoms with E-state index in [1.807, 2.05) is 0 Å². The lowest BCUT2D eigenvalue weighted by molar-refractivity contribution is -0.402. The summed E-state index contributed by atoms with van der Waals surface area (Å²) in [6.45, 7) is 0. The van der Waals surface area contributed by atoms with Crippen molar-refractivity contribution in [3.05, 3.63) is 21.3 Å². The fourth-order valence-corrected chi connectivity index (χ4v) is 0.239. The third-order valence-electron chi connectivity index (χ3n) is 0.178. The van der Waals surface area contributed by atoms with Crippen molar-refractivity contribution in [3.63, 3.8) is 0 Å². The monoisotopic (exact) mass is 151 g/mol. The van der Waals surface area contributed by atoms with Crippen LogP contribution in [0.4, 0.5) is 0 Å². The van der Waals surface area contributed by atoms with Crippen molar-refractivity contribution >= 4 is 15.9 Å². The average molecular weight is 152 g/mol. The van der Waals surface area contributed by atoms with Gasteiger partial charge in [0.15, 0.2) is 0 Å². The van der Waals surface area contributed by atoms with Gasteiger partial charge in [-0.05, 0) is 0 Å². The molecule has 0 aromatic rings. The van der Waals surface area contributed by atoms with Crippen molar-refractivity contribution < 1.29 is 4.92 Å². The van der Waals surface area contributed by atoms with Crippen LogP contribution in [0.25, 0.3) is 0 Å². The van der Waals surface area contributed by atoms with Crippen molar-refractivity contribution in [1.82, 2.24) is 0 Å². The zero-order valence-electron chi connectivity index (χ0n) is 2.80. The van der Waals surface area contributed by atoms with Crippen LogP contribution in [0.2, 0.25) is 0 Å². The molecule has 0 aromatic carbocycles. The largest absolute Gasteiger partial charge is 0.259 e. The molecular weight excluding hydrogens is 150 g/mol. The van der Waals surface area contributed by atoms with E-state index < -0.39 is 4.92 Å². The van der Waals surface area contributed by atoms with Gasteiger partial charge in [0.2, 0.25) is 6.20 Å². The Morgan fingerprint density at radius 2 is 2.33 bits per heavy atom. The van der Waals surface area contributed by atoms with E-state index >= 15 is 0 Å². The minimum Gasteiger partial charge on any atom is -0.259 e. The van der Waals surface area contributed by atoms with Crippen LogP contribution in [-0.4, -0.2) is 4.92 Å². The van der Waals surface area contributed by atoms with Crippen LogP contribution in [0.3, 0.4) is 0 Å². The van der Waals surface area contributed by atoms with Gasteiger partial charge in [0.25, 0.3) is 0 Å². The molecule has 34 valence electrons.